The molecule has 0 bridgehead atoms. The molecular formula is C19H15F3N2O4. The fourth-order valence-electron chi connectivity index (χ4n) is 2.86. The number of alkyl halides is 3. The highest BCUT2D eigenvalue weighted by atomic mass is 19.4. The van der Waals surface area contributed by atoms with E-state index in [9.17, 15) is 27.6 Å². The number of esters is 1. The molecule has 2 N–H and O–H groups in total. The Kier molecular flexibility index (Phi) is 5.08. The lowest BCUT2D eigenvalue weighted by Crippen LogP contribution is -2.38. The van der Waals surface area contributed by atoms with Crippen LogP contribution in [0.25, 0.3) is 0 Å². The van der Waals surface area contributed by atoms with Gasteiger partial charge in [0.2, 0.25) is 5.91 Å². The summed E-state index contributed by atoms with van der Waals surface area (Å²) in [4.78, 5) is 35.5. The molecule has 0 fully saturated rings. The van der Waals surface area contributed by atoms with E-state index in [2.05, 4.69) is 10.6 Å². The van der Waals surface area contributed by atoms with Crippen molar-refractivity contribution in [3.8, 4) is 0 Å². The molecule has 3 rings (SSSR count). The van der Waals surface area contributed by atoms with Crippen LogP contribution < -0.4 is 10.6 Å². The van der Waals surface area contributed by atoms with Gasteiger partial charge in [-0.25, -0.2) is 4.79 Å². The van der Waals surface area contributed by atoms with E-state index < -0.39 is 41.3 Å². The van der Waals surface area contributed by atoms with Crippen molar-refractivity contribution < 1.29 is 32.3 Å². The van der Waals surface area contributed by atoms with Crippen LogP contribution in [0.4, 0.5) is 24.5 Å². The summed E-state index contributed by atoms with van der Waals surface area (Å²) in [5, 5.41) is 4.43. The number of carbonyl (C=O) groups excluding carboxylic acids is 3. The average molecular weight is 392 g/mol. The topological polar surface area (TPSA) is 84.5 Å². The van der Waals surface area contributed by atoms with Crippen LogP contribution in [0, 0.1) is 0 Å². The Morgan fingerprint density at radius 2 is 1.82 bits per heavy atom. The number of cyclic esters (lactones) is 1. The summed E-state index contributed by atoms with van der Waals surface area (Å²) < 4.78 is 45.2. The van der Waals surface area contributed by atoms with E-state index in [1.165, 1.54) is 6.07 Å². The second-order valence-corrected chi connectivity index (χ2v) is 6.18. The Hall–Kier alpha value is -3.36. The minimum absolute atomic E-state index is 0.0546. The van der Waals surface area contributed by atoms with Gasteiger partial charge in [0.25, 0.3) is 5.91 Å². The van der Waals surface area contributed by atoms with Gasteiger partial charge in [0.05, 0.1) is 16.8 Å². The highest BCUT2D eigenvalue weighted by molar-refractivity contribution is 6.00. The average Bonchev–Trinajstić information content (AvgIpc) is 2.61. The van der Waals surface area contributed by atoms with Crippen molar-refractivity contribution in [1.82, 2.24) is 0 Å². The minimum Gasteiger partial charge on any atom is -0.448 e. The third kappa shape index (κ3) is 4.13. The molecule has 1 atom stereocenters. The normalized spacial score (nSPS) is 16.0. The van der Waals surface area contributed by atoms with Crippen LogP contribution in [0.15, 0.2) is 42.5 Å². The lowest BCUT2D eigenvalue weighted by Gasteiger charge is -2.24. The van der Waals surface area contributed by atoms with Crippen LogP contribution >= 0.6 is 0 Å². The molecule has 9 heteroatoms. The number of anilines is 2. The number of fused-ring (bicyclic) bond motifs is 1. The molecular weight excluding hydrogens is 377 g/mol. The minimum atomic E-state index is -4.77. The number of carbonyl (C=O) groups is 3. The molecule has 2 aromatic rings. The summed E-state index contributed by atoms with van der Waals surface area (Å²) in [5.74, 6) is -2.11. The first kappa shape index (κ1) is 19.4. The van der Waals surface area contributed by atoms with Gasteiger partial charge in [0, 0.05) is 19.0 Å². The van der Waals surface area contributed by atoms with Crippen molar-refractivity contribution in [2.75, 3.05) is 10.6 Å². The van der Waals surface area contributed by atoms with Gasteiger partial charge in [-0.1, -0.05) is 18.2 Å². The Morgan fingerprint density at radius 3 is 2.50 bits per heavy atom. The van der Waals surface area contributed by atoms with Crippen LogP contribution in [0.2, 0.25) is 0 Å². The smallest absolute Gasteiger partial charge is 0.418 e. The molecule has 2 aromatic carbocycles. The second-order valence-electron chi connectivity index (χ2n) is 6.18. The summed E-state index contributed by atoms with van der Waals surface area (Å²) >= 11 is 0. The van der Waals surface area contributed by atoms with Gasteiger partial charge in [-0.15, -0.1) is 0 Å². The molecule has 28 heavy (non-hydrogen) atoms. The van der Waals surface area contributed by atoms with E-state index in [0.717, 1.165) is 19.1 Å². The third-order valence-corrected chi connectivity index (χ3v) is 4.09. The number of amides is 2. The zero-order valence-electron chi connectivity index (χ0n) is 14.6. The van der Waals surface area contributed by atoms with E-state index in [-0.39, 0.29) is 12.1 Å². The largest absolute Gasteiger partial charge is 0.448 e. The number of ether oxygens (including phenoxy) is 1. The van der Waals surface area contributed by atoms with E-state index in [4.69, 9.17) is 4.74 Å². The maximum atomic E-state index is 13.4. The Labute approximate surface area is 157 Å². The van der Waals surface area contributed by atoms with Crippen LogP contribution in [0.3, 0.4) is 0 Å². The number of nitrogens with one attached hydrogen (secondary N) is 2. The van der Waals surface area contributed by atoms with Crippen molar-refractivity contribution in [3.63, 3.8) is 0 Å². The number of hydrogen-bond donors (Lipinski definition) is 2. The molecule has 0 radical (unpaired) electrons. The van der Waals surface area contributed by atoms with Crippen LogP contribution in [0.5, 0.6) is 0 Å². The molecule has 0 aliphatic carbocycles. The van der Waals surface area contributed by atoms with Gasteiger partial charge < -0.3 is 15.4 Å². The van der Waals surface area contributed by atoms with Gasteiger partial charge in [0.15, 0.2) is 6.10 Å². The molecule has 1 aliphatic heterocycles. The summed E-state index contributed by atoms with van der Waals surface area (Å²) in [6.07, 6.45) is -5.97. The van der Waals surface area contributed by atoms with Crippen molar-refractivity contribution >= 4 is 29.2 Å². The molecule has 0 saturated carbocycles. The predicted octanol–water partition coefficient (Wildman–Crippen LogP) is 3.38. The summed E-state index contributed by atoms with van der Waals surface area (Å²) in [5.41, 5.74) is -0.787. The highest BCUT2D eigenvalue weighted by Crippen LogP contribution is 2.37. The second kappa shape index (κ2) is 7.34. The van der Waals surface area contributed by atoms with Crippen molar-refractivity contribution in [1.29, 1.82) is 0 Å². The van der Waals surface area contributed by atoms with Crippen molar-refractivity contribution in [2.45, 2.75) is 25.6 Å². The molecule has 0 spiro atoms. The van der Waals surface area contributed by atoms with Gasteiger partial charge in [-0.05, 0) is 29.8 Å². The van der Waals surface area contributed by atoms with Crippen molar-refractivity contribution in [3.05, 3.63) is 59.2 Å². The lowest BCUT2D eigenvalue weighted by atomic mass is 9.98. The highest BCUT2D eigenvalue weighted by Gasteiger charge is 2.36. The Bertz CT molecular complexity index is 956. The van der Waals surface area contributed by atoms with Gasteiger partial charge in [0.1, 0.15) is 0 Å². The van der Waals surface area contributed by atoms with Crippen molar-refractivity contribution in [2.24, 2.45) is 0 Å². The first-order valence-corrected chi connectivity index (χ1v) is 8.24. The SMILES string of the molecule is CC(=O)Nc1ccc(NC(=O)C2Cc3ccccc3C(=O)O2)c(C(F)(F)F)c1. The monoisotopic (exact) mass is 392 g/mol. The van der Waals surface area contributed by atoms with Crippen LogP contribution in [-0.2, 0) is 26.9 Å². The molecule has 0 aromatic heterocycles. The van der Waals surface area contributed by atoms with E-state index >= 15 is 0 Å². The quantitative estimate of drug-likeness (QED) is 0.785. The number of rotatable bonds is 3. The van der Waals surface area contributed by atoms with E-state index in [0.29, 0.717) is 11.1 Å². The first-order valence-electron chi connectivity index (χ1n) is 8.24. The van der Waals surface area contributed by atoms with Gasteiger partial charge in [-0.3, -0.25) is 9.59 Å². The fourth-order valence-corrected chi connectivity index (χ4v) is 2.86. The zero-order valence-corrected chi connectivity index (χ0v) is 14.6. The first-order chi connectivity index (χ1) is 13.1. The Balaban J connectivity index is 1.84. The number of halogens is 3. The van der Waals surface area contributed by atoms with E-state index in [1.807, 2.05) is 0 Å². The zero-order chi connectivity index (χ0) is 20.5. The maximum absolute atomic E-state index is 13.4. The standard InChI is InChI=1S/C19H15F3N2O4/c1-10(25)23-12-6-7-15(14(9-12)19(20,21)22)24-17(26)16-8-11-4-2-3-5-13(11)18(27)28-16/h2-7,9,16H,8H2,1H3,(H,23,25)(H,24,26). The molecule has 0 saturated heterocycles. The Morgan fingerprint density at radius 1 is 1.11 bits per heavy atom. The predicted molar refractivity (Wildman–Crippen MR) is 93.7 cm³/mol. The lowest BCUT2D eigenvalue weighted by molar-refractivity contribution is -0.137. The van der Waals surface area contributed by atoms with Crippen LogP contribution in [-0.4, -0.2) is 23.9 Å². The fraction of sp³-hybridized carbons (Fsp3) is 0.211. The summed E-state index contributed by atoms with van der Waals surface area (Å²) in [6.45, 7) is 1.16. The summed E-state index contributed by atoms with van der Waals surface area (Å²) in [6, 6.07) is 9.52. The third-order valence-electron chi connectivity index (χ3n) is 4.09. The molecule has 146 valence electrons. The van der Waals surface area contributed by atoms with Gasteiger partial charge in [-0.2, -0.15) is 13.2 Å². The number of hydrogen-bond acceptors (Lipinski definition) is 4. The molecule has 2 amide bonds. The molecule has 6 nitrogen and oxygen atoms in total. The summed E-state index contributed by atoms with van der Waals surface area (Å²) in [7, 11) is 0. The maximum Gasteiger partial charge on any atom is 0.418 e. The molecule has 1 aliphatic rings. The van der Waals surface area contributed by atoms with Gasteiger partial charge >= 0.3 is 12.1 Å². The molecule has 1 heterocycles. The number of benzene rings is 2. The molecule has 1 unspecified atom stereocenters. The van der Waals surface area contributed by atoms with Crippen LogP contribution in [0.1, 0.15) is 28.4 Å². The van der Waals surface area contributed by atoms with E-state index in [1.54, 1.807) is 24.3 Å².